The second kappa shape index (κ2) is 5.33. The zero-order chi connectivity index (χ0) is 14.0. The number of carbonyl (C=O) groups is 1. The van der Waals surface area contributed by atoms with Gasteiger partial charge in [-0.2, -0.15) is 0 Å². The van der Waals surface area contributed by atoms with E-state index in [1.165, 1.54) is 5.56 Å². The lowest BCUT2D eigenvalue weighted by Gasteiger charge is -2.51. The quantitative estimate of drug-likeness (QED) is 0.855. The molecule has 0 heterocycles. The summed E-state index contributed by atoms with van der Waals surface area (Å²) in [4.78, 5) is 11.9. The summed E-state index contributed by atoms with van der Waals surface area (Å²) in [7, 11) is 0. The molecule has 1 aromatic rings. The van der Waals surface area contributed by atoms with Crippen molar-refractivity contribution in [1.82, 2.24) is 5.32 Å². The van der Waals surface area contributed by atoms with Gasteiger partial charge in [-0.15, -0.1) is 0 Å². The van der Waals surface area contributed by atoms with E-state index in [2.05, 4.69) is 38.2 Å². The van der Waals surface area contributed by atoms with Crippen molar-refractivity contribution < 1.29 is 4.79 Å². The van der Waals surface area contributed by atoms with Crippen LogP contribution in [-0.4, -0.2) is 11.4 Å². The van der Waals surface area contributed by atoms with E-state index in [-0.39, 0.29) is 11.9 Å². The normalized spacial score (nSPS) is 27.9. The maximum atomic E-state index is 11.9. The minimum absolute atomic E-state index is 0.134. The number of carbonyl (C=O) groups excluding carboxylic acids is 1. The summed E-state index contributed by atoms with van der Waals surface area (Å²) in [5.74, 6) is 0.605. The lowest BCUT2D eigenvalue weighted by atomic mass is 9.61. The highest BCUT2D eigenvalue weighted by atomic mass is 16.1. The lowest BCUT2D eigenvalue weighted by molar-refractivity contribution is -0.134. The molecule has 19 heavy (non-hydrogen) atoms. The van der Waals surface area contributed by atoms with Crippen molar-refractivity contribution >= 4 is 5.91 Å². The fourth-order valence-corrected chi connectivity index (χ4v) is 3.27. The minimum atomic E-state index is -0.524. The van der Waals surface area contributed by atoms with E-state index >= 15 is 0 Å². The van der Waals surface area contributed by atoms with Gasteiger partial charge in [0.2, 0.25) is 5.91 Å². The number of amides is 1. The van der Waals surface area contributed by atoms with Gasteiger partial charge in [0.15, 0.2) is 0 Å². The summed E-state index contributed by atoms with van der Waals surface area (Å²) >= 11 is 0. The Morgan fingerprint density at radius 2 is 1.95 bits per heavy atom. The topological polar surface area (TPSA) is 55.1 Å². The van der Waals surface area contributed by atoms with Crippen LogP contribution in [0.3, 0.4) is 0 Å². The molecule has 1 aliphatic rings. The zero-order valence-corrected chi connectivity index (χ0v) is 12.0. The molecule has 3 heteroatoms. The van der Waals surface area contributed by atoms with Gasteiger partial charge in [0.05, 0.1) is 0 Å². The molecule has 1 fully saturated rings. The van der Waals surface area contributed by atoms with E-state index in [0.29, 0.717) is 11.8 Å². The highest BCUT2D eigenvalue weighted by molar-refractivity contribution is 5.86. The maximum Gasteiger partial charge on any atom is 0.238 e. The molecule has 2 rings (SSSR count). The molecule has 1 aromatic carbocycles. The second-order valence-electron chi connectivity index (χ2n) is 6.00. The van der Waals surface area contributed by atoms with Gasteiger partial charge in [-0.05, 0) is 37.2 Å². The average molecular weight is 260 g/mol. The van der Waals surface area contributed by atoms with Crippen molar-refractivity contribution in [3.8, 4) is 0 Å². The number of benzene rings is 1. The molecule has 0 spiro atoms. The van der Waals surface area contributed by atoms with Crippen LogP contribution in [0.1, 0.15) is 45.2 Å². The van der Waals surface area contributed by atoms with Crippen LogP contribution >= 0.6 is 0 Å². The number of primary amides is 1. The van der Waals surface area contributed by atoms with Crippen LogP contribution in [0.4, 0.5) is 0 Å². The molecule has 0 aromatic heterocycles. The van der Waals surface area contributed by atoms with Gasteiger partial charge in [0.25, 0.3) is 0 Å². The van der Waals surface area contributed by atoms with Gasteiger partial charge in [0, 0.05) is 6.04 Å². The average Bonchev–Trinajstić information content (AvgIpc) is 2.34. The molecule has 1 aliphatic carbocycles. The molecule has 3 atom stereocenters. The molecule has 104 valence electrons. The molecule has 0 unspecified atom stereocenters. The van der Waals surface area contributed by atoms with Crippen LogP contribution in [0.2, 0.25) is 0 Å². The Hall–Kier alpha value is -1.35. The minimum Gasteiger partial charge on any atom is -0.368 e. The molecule has 0 aliphatic heterocycles. The molecule has 0 bridgehead atoms. The third kappa shape index (κ3) is 2.52. The van der Waals surface area contributed by atoms with Crippen LogP contribution in [0.25, 0.3) is 0 Å². The van der Waals surface area contributed by atoms with E-state index < -0.39 is 5.54 Å². The molecule has 0 radical (unpaired) electrons. The van der Waals surface area contributed by atoms with Crippen LogP contribution in [-0.2, 0) is 4.79 Å². The number of rotatable bonds is 5. The van der Waals surface area contributed by atoms with E-state index in [9.17, 15) is 4.79 Å². The lowest BCUT2D eigenvalue weighted by Crippen LogP contribution is -2.67. The number of hydrogen-bond donors (Lipinski definition) is 2. The number of hydrogen-bond acceptors (Lipinski definition) is 2. The Labute approximate surface area is 115 Å². The first-order valence-corrected chi connectivity index (χ1v) is 7.10. The van der Waals surface area contributed by atoms with Crippen molar-refractivity contribution in [2.75, 3.05) is 0 Å². The van der Waals surface area contributed by atoms with E-state index in [0.717, 1.165) is 12.8 Å². The molecular formula is C16H24N2O. The highest BCUT2D eigenvalue weighted by Gasteiger charge is 2.52. The predicted molar refractivity (Wildman–Crippen MR) is 77.5 cm³/mol. The largest absolute Gasteiger partial charge is 0.368 e. The standard InChI is InChI=1S/C16H24N2O/c1-11(2)14-9-10-16(14,15(17)19)18-12(3)13-7-5-4-6-8-13/h4-8,11-12,14,18H,9-10H2,1-3H3,(H2,17,19)/t12-,14+,16+/m0/s1. The van der Waals surface area contributed by atoms with Crippen LogP contribution in [0.15, 0.2) is 30.3 Å². The SMILES string of the molecule is CC(C)[C@H]1CC[C@]1(N[C@@H](C)c1ccccc1)C(N)=O. The Bertz CT molecular complexity index is 443. The van der Waals surface area contributed by atoms with Gasteiger partial charge < -0.3 is 5.73 Å². The van der Waals surface area contributed by atoms with Gasteiger partial charge >= 0.3 is 0 Å². The smallest absolute Gasteiger partial charge is 0.238 e. The van der Waals surface area contributed by atoms with Crippen LogP contribution < -0.4 is 11.1 Å². The van der Waals surface area contributed by atoms with Crippen molar-refractivity contribution in [2.24, 2.45) is 17.6 Å². The van der Waals surface area contributed by atoms with Crippen LogP contribution in [0, 0.1) is 11.8 Å². The third-order valence-electron chi connectivity index (χ3n) is 4.50. The first-order chi connectivity index (χ1) is 8.97. The van der Waals surface area contributed by atoms with Crippen molar-refractivity contribution in [3.63, 3.8) is 0 Å². The molecule has 3 nitrogen and oxygen atoms in total. The van der Waals surface area contributed by atoms with E-state index in [1.54, 1.807) is 0 Å². The second-order valence-corrected chi connectivity index (χ2v) is 6.00. The monoisotopic (exact) mass is 260 g/mol. The summed E-state index contributed by atoms with van der Waals surface area (Å²) in [6, 6.07) is 10.3. The Morgan fingerprint density at radius 1 is 1.32 bits per heavy atom. The first kappa shape index (κ1) is 14.1. The summed E-state index contributed by atoms with van der Waals surface area (Å²) in [5, 5.41) is 3.50. The summed E-state index contributed by atoms with van der Waals surface area (Å²) in [6.45, 7) is 6.42. The highest BCUT2D eigenvalue weighted by Crippen LogP contribution is 2.44. The Kier molecular flexibility index (Phi) is 3.95. The van der Waals surface area contributed by atoms with E-state index in [4.69, 9.17) is 5.73 Å². The van der Waals surface area contributed by atoms with Crippen molar-refractivity contribution in [3.05, 3.63) is 35.9 Å². The number of nitrogens with one attached hydrogen (secondary N) is 1. The van der Waals surface area contributed by atoms with Crippen molar-refractivity contribution in [2.45, 2.75) is 45.2 Å². The van der Waals surface area contributed by atoms with Gasteiger partial charge in [-0.25, -0.2) is 0 Å². The molecular weight excluding hydrogens is 236 g/mol. The molecule has 3 N–H and O–H groups in total. The Morgan fingerprint density at radius 3 is 2.37 bits per heavy atom. The van der Waals surface area contributed by atoms with Crippen LogP contribution in [0.5, 0.6) is 0 Å². The summed E-state index contributed by atoms with van der Waals surface area (Å²) in [6.07, 6.45) is 1.93. The van der Waals surface area contributed by atoms with Gasteiger partial charge in [-0.3, -0.25) is 10.1 Å². The number of nitrogens with two attached hydrogens (primary N) is 1. The summed E-state index contributed by atoms with van der Waals surface area (Å²) < 4.78 is 0. The maximum absolute atomic E-state index is 11.9. The fraction of sp³-hybridized carbons (Fsp3) is 0.562. The van der Waals surface area contributed by atoms with Gasteiger partial charge in [0.1, 0.15) is 5.54 Å². The third-order valence-corrected chi connectivity index (χ3v) is 4.50. The fourth-order valence-electron chi connectivity index (χ4n) is 3.27. The van der Waals surface area contributed by atoms with E-state index in [1.807, 2.05) is 18.2 Å². The summed E-state index contributed by atoms with van der Waals surface area (Å²) in [5.41, 5.74) is 6.35. The van der Waals surface area contributed by atoms with Crippen molar-refractivity contribution in [1.29, 1.82) is 0 Å². The molecule has 0 saturated heterocycles. The first-order valence-electron chi connectivity index (χ1n) is 7.10. The molecule has 1 amide bonds. The zero-order valence-electron chi connectivity index (χ0n) is 12.0. The predicted octanol–water partition coefficient (Wildman–Crippen LogP) is 2.63. The molecule has 1 saturated carbocycles. The Balaban J connectivity index is 2.17. The van der Waals surface area contributed by atoms with Gasteiger partial charge in [-0.1, -0.05) is 44.2 Å².